The summed E-state index contributed by atoms with van der Waals surface area (Å²) in [4.78, 5) is 47.3. The highest BCUT2D eigenvalue weighted by molar-refractivity contribution is 6.24. The van der Waals surface area contributed by atoms with Crippen molar-refractivity contribution in [3.8, 4) is 0 Å². The monoisotopic (exact) mass is 490 g/mol. The topological polar surface area (TPSA) is 85.5 Å². The Morgan fingerprint density at radius 3 is 2.57 bits per heavy atom. The van der Waals surface area contributed by atoms with Crippen LogP contribution >= 0.6 is 0 Å². The Labute approximate surface area is 214 Å². The lowest BCUT2D eigenvalue weighted by atomic mass is 9.88. The van der Waals surface area contributed by atoms with Crippen molar-refractivity contribution in [2.75, 3.05) is 11.4 Å². The second-order valence-electron chi connectivity index (χ2n) is 9.48. The molecule has 7 heteroatoms. The maximum Gasteiger partial charge on any atom is 0.332 e. The van der Waals surface area contributed by atoms with E-state index in [4.69, 9.17) is 0 Å². The summed E-state index contributed by atoms with van der Waals surface area (Å²) in [6.45, 7) is 5.93. The van der Waals surface area contributed by atoms with Crippen LogP contribution in [0.25, 0.3) is 10.9 Å². The Morgan fingerprint density at radius 1 is 1.05 bits per heavy atom. The first kappa shape index (κ1) is 22.8. The Kier molecular flexibility index (Phi) is 5.41. The summed E-state index contributed by atoms with van der Waals surface area (Å²) in [6, 6.07) is 21.2. The number of H-pyrrole nitrogens is 1. The molecule has 0 spiro atoms. The standard InChI is InChI=1S/C30H26N4O3/c1-3-16-31-28(35)21-9-5-7-11-24(21)34-29(36)25-17-22-20-8-4-6-10-23(20)32-26(22)27(33(25)30(34)37)19-14-12-18(2)13-15-19/h3-15,25,27,32H,1,16-17H2,2H3,(H,31,35). The van der Waals surface area contributed by atoms with Crippen LogP contribution in [0.1, 0.15) is 38.8 Å². The zero-order valence-electron chi connectivity index (χ0n) is 20.4. The lowest BCUT2D eigenvalue weighted by Gasteiger charge is -2.36. The number of para-hydroxylation sites is 2. The van der Waals surface area contributed by atoms with E-state index in [1.807, 2.05) is 55.5 Å². The first-order valence-electron chi connectivity index (χ1n) is 12.3. The predicted molar refractivity (Wildman–Crippen MR) is 143 cm³/mol. The number of fused-ring (bicyclic) bond motifs is 4. The fourth-order valence-electron chi connectivity index (χ4n) is 5.51. The summed E-state index contributed by atoms with van der Waals surface area (Å²) in [5.41, 5.74) is 5.52. The zero-order chi connectivity index (χ0) is 25.7. The Bertz CT molecular complexity index is 1570. The fourth-order valence-corrected chi connectivity index (χ4v) is 5.51. The SMILES string of the molecule is C=CCNC(=O)c1ccccc1N1C(=O)C2Cc3c([nH]c4ccccc34)C(c3ccc(C)cc3)N2C1=O. The van der Waals surface area contributed by atoms with Gasteiger partial charge in [0.15, 0.2) is 0 Å². The number of hydrogen-bond donors (Lipinski definition) is 2. The van der Waals surface area contributed by atoms with Gasteiger partial charge in [-0.05, 0) is 36.2 Å². The van der Waals surface area contributed by atoms with Gasteiger partial charge in [0.25, 0.3) is 11.8 Å². The van der Waals surface area contributed by atoms with Crippen LogP contribution < -0.4 is 10.2 Å². The van der Waals surface area contributed by atoms with Gasteiger partial charge in [-0.25, -0.2) is 9.69 Å². The highest BCUT2D eigenvalue weighted by Crippen LogP contribution is 2.45. The fraction of sp³-hybridized carbons (Fsp3) is 0.167. The quantitative estimate of drug-likeness (QED) is 0.309. The number of nitrogens with zero attached hydrogens (tertiary/aromatic N) is 2. The number of urea groups is 1. The second-order valence-corrected chi connectivity index (χ2v) is 9.48. The number of nitrogens with one attached hydrogen (secondary N) is 2. The van der Waals surface area contributed by atoms with E-state index in [0.29, 0.717) is 6.42 Å². The number of amides is 4. The lowest BCUT2D eigenvalue weighted by Crippen LogP contribution is -2.44. The number of benzene rings is 3. The van der Waals surface area contributed by atoms with E-state index in [1.165, 1.54) is 4.90 Å². The van der Waals surface area contributed by atoms with Crippen LogP contribution in [0.4, 0.5) is 10.5 Å². The third-order valence-electron chi connectivity index (χ3n) is 7.24. The van der Waals surface area contributed by atoms with Crippen molar-refractivity contribution in [3.63, 3.8) is 0 Å². The van der Waals surface area contributed by atoms with Gasteiger partial charge < -0.3 is 10.3 Å². The van der Waals surface area contributed by atoms with Crippen molar-refractivity contribution in [2.45, 2.75) is 25.4 Å². The maximum absolute atomic E-state index is 14.1. The molecule has 6 rings (SSSR count). The van der Waals surface area contributed by atoms with Gasteiger partial charge in [0, 0.05) is 29.6 Å². The molecule has 0 bridgehead atoms. The number of imide groups is 1. The maximum atomic E-state index is 14.1. The molecule has 0 aliphatic carbocycles. The molecule has 2 atom stereocenters. The lowest BCUT2D eigenvalue weighted by molar-refractivity contribution is -0.120. The molecule has 4 amide bonds. The molecule has 0 radical (unpaired) electrons. The molecule has 3 heterocycles. The molecular formula is C30H26N4O3. The summed E-state index contributed by atoms with van der Waals surface area (Å²) in [7, 11) is 0. The van der Waals surface area contributed by atoms with Crippen molar-refractivity contribution >= 4 is 34.4 Å². The number of rotatable bonds is 5. The molecule has 1 aromatic heterocycles. The average molecular weight is 491 g/mol. The highest BCUT2D eigenvalue weighted by atomic mass is 16.2. The van der Waals surface area contributed by atoms with Gasteiger partial charge in [-0.15, -0.1) is 6.58 Å². The molecule has 3 aromatic carbocycles. The number of hydrogen-bond acceptors (Lipinski definition) is 3. The van der Waals surface area contributed by atoms with Crippen LogP contribution in [0.2, 0.25) is 0 Å². The van der Waals surface area contributed by atoms with Crippen LogP contribution in [0, 0.1) is 6.92 Å². The molecule has 2 N–H and O–H groups in total. The molecule has 1 fully saturated rings. The van der Waals surface area contributed by atoms with Gasteiger partial charge in [0.1, 0.15) is 12.1 Å². The zero-order valence-corrected chi connectivity index (χ0v) is 20.4. The van der Waals surface area contributed by atoms with Gasteiger partial charge in [0.05, 0.1) is 11.3 Å². The van der Waals surface area contributed by atoms with E-state index in [2.05, 4.69) is 16.9 Å². The molecule has 184 valence electrons. The molecule has 2 aliphatic rings. The van der Waals surface area contributed by atoms with Gasteiger partial charge in [-0.3, -0.25) is 14.5 Å². The third kappa shape index (κ3) is 3.54. The first-order valence-corrected chi connectivity index (χ1v) is 12.3. The van der Waals surface area contributed by atoms with Gasteiger partial charge in [0.2, 0.25) is 0 Å². The van der Waals surface area contributed by atoms with Crippen molar-refractivity contribution in [1.82, 2.24) is 15.2 Å². The summed E-state index contributed by atoms with van der Waals surface area (Å²) in [5.74, 6) is -0.700. The van der Waals surface area contributed by atoms with Crippen LogP contribution in [0.5, 0.6) is 0 Å². The number of carbonyl (C=O) groups is 3. The minimum atomic E-state index is -0.685. The summed E-state index contributed by atoms with van der Waals surface area (Å²) >= 11 is 0. The number of anilines is 1. The number of aromatic amines is 1. The van der Waals surface area contributed by atoms with Gasteiger partial charge >= 0.3 is 6.03 Å². The van der Waals surface area contributed by atoms with E-state index >= 15 is 0 Å². The average Bonchev–Trinajstić information content (AvgIpc) is 3.41. The van der Waals surface area contributed by atoms with Crippen LogP contribution in [-0.4, -0.2) is 40.3 Å². The third-order valence-corrected chi connectivity index (χ3v) is 7.24. The Balaban J connectivity index is 1.49. The minimum Gasteiger partial charge on any atom is -0.356 e. The summed E-state index contributed by atoms with van der Waals surface area (Å²) in [6.07, 6.45) is 1.98. The molecule has 0 saturated carbocycles. The van der Waals surface area contributed by atoms with E-state index in [1.54, 1.807) is 35.2 Å². The van der Waals surface area contributed by atoms with E-state index in [9.17, 15) is 14.4 Å². The van der Waals surface area contributed by atoms with E-state index in [-0.39, 0.29) is 29.6 Å². The van der Waals surface area contributed by atoms with Crippen LogP contribution in [0.15, 0.2) is 85.5 Å². The van der Waals surface area contributed by atoms with Crippen molar-refractivity contribution < 1.29 is 14.4 Å². The minimum absolute atomic E-state index is 0.266. The predicted octanol–water partition coefficient (Wildman–Crippen LogP) is 4.88. The first-order chi connectivity index (χ1) is 18.0. The molecule has 1 saturated heterocycles. The van der Waals surface area contributed by atoms with E-state index in [0.717, 1.165) is 33.3 Å². The summed E-state index contributed by atoms with van der Waals surface area (Å²) < 4.78 is 0. The Hall–Kier alpha value is -4.65. The van der Waals surface area contributed by atoms with Crippen molar-refractivity contribution in [1.29, 1.82) is 0 Å². The van der Waals surface area contributed by atoms with Crippen LogP contribution in [0.3, 0.4) is 0 Å². The van der Waals surface area contributed by atoms with Crippen molar-refractivity contribution in [2.24, 2.45) is 0 Å². The number of aromatic nitrogens is 1. The number of carbonyl (C=O) groups excluding carboxylic acids is 3. The van der Waals surface area contributed by atoms with Gasteiger partial charge in [-0.1, -0.05) is 66.2 Å². The molecular weight excluding hydrogens is 464 g/mol. The highest BCUT2D eigenvalue weighted by Gasteiger charge is 2.53. The van der Waals surface area contributed by atoms with Crippen LogP contribution in [-0.2, 0) is 11.2 Å². The molecule has 2 unspecified atom stereocenters. The molecule has 7 nitrogen and oxygen atoms in total. The largest absolute Gasteiger partial charge is 0.356 e. The second kappa shape index (κ2) is 8.78. The molecule has 2 aliphatic heterocycles. The molecule has 4 aromatic rings. The molecule has 37 heavy (non-hydrogen) atoms. The summed E-state index contributed by atoms with van der Waals surface area (Å²) in [5, 5.41) is 3.80. The van der Waals surface area contributed by atoms with E-state index < -0.39 is 18.1 Å². The Morgan fingerprint density at radius 2 is 1.78 bits per heavy atom. The van der Waals surface area contributed by atoms with Gasteiger partial charge in [-0.2, -0.15) is 0 Å². The van der Waals surface area contributed by atoms with Crippen molar-refractivity contribution in [3.05, 3.63) is 113 Å². The number of aryl methyl sites for hydroxylation is 1. The normalized spacial score (nSPS) is 18.6. The smallest absolute Gasteiger partial charge is 0.332 e.